The van der Waals surface area contributed by atoms with Crippen molar-refractivity contribution in [3.8, 4) is 0 Å². The number of nitrogens with one attached hydrogen (secondary N) is 1. The highest BCUT2D eigenvalue weighted by Crippen LogP contribution is 2.06. The molecule has 1 heterocycles. The van der Waals surface area contributed by atoms with Gasteiger partial charge in [-0.2, -0.15) is 4.68 Å². The Hall–Kier alpha value is -1.66. The van der Waals surface area contributed by atoms with Gasteiger partial charge in [-0.1, -0.05) is 12.0 Å². The van der Waals surface area contributed by atoms with Crippen molar-refractivity contribution < 1.29 is 4.79 Å². The van der Waals surface area contributed by atoms with Crippen LogP contribution in [0.3, 0.4) is 0 Å². The minimum absolute atomic E-state index is 0.133. The molecule has 0 aromatic carbocycles. The molecule has 78 valence electrons. The molecule has 7 heteroatoms. The molecule has 14 heavy (non-hydrogen) atoms. The number of aromatic nitrogens is 4. The predicted octanol–water partition coefficient (Wildman–Crippen LogP) is -0.657. The van der Waals surface area contributed by atoms with E-state index < -0.39 is 6.04 Å². The van der Waals surface area contributed by atoms with E-state index in [0.29, 0.717) is 6.54 Å². The van der Waals surface area contributed by atoms with E-state index >= 15 is 0 Å². The van der Waals surface area contributed by atoms with Crippen LogP contribution in [0.5, 0.6) is 0 Å². The third kappa shape index (κ3) is 2.18. The van der Waals surface area contributed by atoms with E-state index in [1.807, 2.05) is 6.92 Å². The molecular weight excluding hydrogens is 184 g/mol. The first kappa shape index (κ1) is 10.4. The van der Waals surface area contributed by atoms with Crippen LogP contribution in [0.4, 0.5) is 5.95 Å². The number of hydrogen-bond donors (Lipinski definition) is 2. The first-order valence-electron chi connectivity index (χ1n) is 4.47. The minimum Gasteiger partial charge on any atom is -0.367 e. The van der Waals surface area contributed by atoms with Gasteiger partial charge < -0.3 is 11.1 Å². The Labute approximate surface area is 81.7 Å². The van der Waals surface area contributed by atoms with Gasteiger partial charge in [-0.15, -0.1) is 0 Å². The highest BCUT2D eigenvalue weighted by Gasteiger charge is 2.17. The van der Waals surface area contributed by atoms with Gasteiger partial charge in [0.2, 0.25) is 11.9 Å². The summed E-state index contributed by atoms with van der Waals surface area (Å²) in [5.74, 6) is 0.00926. The molecule has 0 saturated carbocycles. The zero-order valence-corrected chi connectivity index (χ0v) is 8.27. The predicted molar refractivity (Wildman–Crippen MR) is 50.2 cm³/mol. The Morgan fingerprint density at radius 2 is 2.43 bits per heavy atom. The second-order valence-corrected chi connectivity index (χ2v) is 2.95. The monoisotopic (exact) mass is 198 g/mol. The summed E-state index contributed by atoms with van der Waals surface area (Å²) in [6.07, 6.45) is 0.892. The van der Waals surface area contributed by atoms with Crippen LogP contribution in [0.1, 0.15) is 26.3 Å². The third-order valence-electron chi connectivity index (χ3n) is 1.81. The Morgan fingerprint density at radius 1 is 1.71 bits per heavy atom. The number of carbonyl (C=O) groups excluding carboxylic acids is 1. The topological polar surface area (TPSA) is 98.7 Å². The van der Waals surface area contributed by atoms with E-state index in [-0.39, 0.29) is 11.9 Å². The smallest absolute Gasteiger partial charge is 0.244 e. The maximum Gasteiger partial charge on any atom is 0.244 e. The second kappa shape index (κ2) is 4.54. The fourth-order valence-corrected chi connectivity index (χ4v) is 0.983. The van der Waals surface area contributed by atoms with Crippen molar-refractivity contribution in [2.45, 2.75) is 26.3 Å². The van der Waals surface area contributed by atoms with Gasteiger partial charge in [-0.05, 0) is 23.8 Å². The number of nitrogens with two attached hydrogens (primary N) is 1. The Kier molecular flexibility index (Phi) is 3.38. The van der Waals surface area contributed by atoms with Crippen LogP contribution >= 0.6 is 0 Å². The molecule has 0 spiro atoms. The number of amides is 1. The van der Waals surface area contributed by atoms with Crippen LogP contribution in [-0.2, 0) is 4.79 Å². The van der Waals surface area contributed by atoms with Crippen molar-refractivity contribution >= 4 is 11.9 Å². The molecule has 1 aromatic heterocycles. The van der Waals surface area contributed by atoms with Gasteiger partial charge in [-0.3, -0.25) is 4.79 Å². The summed E-state index contributed by atoms with van der Waals surface area (Å²) in [7, 11) is 0. The molecular formula is C7H14N6O. The summed E-state index contributed by atoms with van der Waals surface area (Å²) in [6.45, 7) is 4.32. The van der Waals surface area contributed by atoms with Crippen molar-refractivity contribution in [1.29, 1.82) is 0 Å². The molecule has 0 fully saturated rings. The largest absolute Gasteiger partial charge is 0.367 e. The molecule has 0 aliphatic rings. The van der Waals surface area contributed by atoms with Gasteiger partial charge in [0, 0.05) is 6.54 Å². The highest BCUT2D eigenvalue weighted by molar-refractivity contribution is 5.79. The van der Waals surface area contributed by atoms with Gasteiger partial charge in [0.25, 0.3) is 0 Å². The summed E-state index contributed by atoms with van der Waals surface area (Å²) < 4.78 is 1.28. The lowest BCUT2D eigenvalue weighted by Crippen LogP contribution is -2.32. The summed E-state index contributed by atoms with van der Waals surface area (Å²) in [5.41, 5.74) is 5.45. The molecule has 0 aliphatic heterocycles. The van der Waals surface area contributed by atoms with Gasteiger partial charge >= 0.3 is 0 Å². The lowest BCUT2D eigenvalue weighted by Gasteiger charge is -2.11. The number of nitrogens with zero attached hydrogens (tertiary/aromatic N) is 4. The normalized spacial score (nSPS) is 12.4. The van der Waals surface area contributed by atoms with E-state index in [1.165, 1.54) is 4.68 Å². The quantitative estimate of drug-likeness (QED) is 0.669. The van der Waals surface area contributed by atoms with Crippen molar-refractivity contribution in [3.63, 3.8) is 0 Å². The van der Waals surface area contributed by atoms with E-state index in [1.54, 1.807) is 6.92 Å². The molecule has 1 amide bonds. The minimum atomic E-state index is -0.475. The average Bonchev–Trinajstić information content (AvgIpc) is 2.59. The molecule has 0 saturated heterocycles. The van der Waals surface area contributed by atoms with Crippen LogP contribution in [0, 0.1) is 0 Å². The van der Waals surface area contributed by atoms with Crippen LogP contribution in [0.2, 0.25) is 0 Å². The van der Waals surface area contributed by atoms with Gasteiger partial charge in [0.1, 0.15) is 6.04 Å². The summed E-state index contributed by atoms with van der Waals surface area (Å²) in [4.78, 5) is 11.5. The summed E-state index contributed by atoms with van der Waals surface area (Å²) in [5, 5.41) is 13.2. The maximum atomic E-state index is 11.5. The fourth-order valence-electron chi connectivity index (χ4n) is 0.983. The second-order valence-electron chi connectivity index (χ2n) is 2.95. The Morgan fingerprint density at radius 3 is 2.93 bits per heavy atom. The first-order valence-corrected chi connectivity index (χ1v) is 4.47. The number of hydrogen-bond acceptors (Lipinski definition) is 5. The Balaban J connectivity index is 2.61. The average molecular weight is 198 g/mol. The van der Waals surface area contributed by atoms with Crippen LogP contribution in [-0.4, -0.2) is 32.7 Å². The van der Waals surface area contributed by atoms with Crippen molar-refractivity contribution in [1.82, 2.24) is 25.5 Å². The number of nitrogen functional groups attached to an aromatic ring is 1. The maximum absolute atomic E-state index is 11.5. The SMILES string of the molecule is CCCNC(=O)C(C)n1nnnc1N. The summed E-state index contributed by atoms with van der Waals surface area (Å²) in [6, 6.07) is -0.475. The molecule has 1 unspecified atom stereocenters. The first-order chi connectivity index (χ1) is 6.66. The molecule has 3 N–H and O–H groups in total. The molecule has 0 radical (unpaired) electrons. The lowest BCUT2D eigenvalue weighted by atomic mass is 10.3. The zero-order valence-electron chi connectivity index (χ0n) is 8.27. The Bertz CT molecular complexity index is 309. The van der Waals surface area contributed by atoms with Crippen LogP contribution in [0.25, 0.3) is 0 Å². The van der Waals surface area contributed by atoms with E-state index in [9.17, 15) is 4.79 Å². The van der Waals surface area contributed by atoms with Crippen LogP contribution in [0.15, 0.2) is 0 Å². The van der Waals surface area contributed by atoms with Gasteiger partial charge in [0.05, 0.1) is 0 Å². The molecule has 1 aromatic rings. The van der Waals surface area contributed by atoms with Gasteiger partial charge in [-0.25, -0.2) is 0 Å². The standard InChI is InChI=1S/C7H14N6O/c1-3-4-9-6(14)5(2)13-7(8)10-11-12-13/h5H,3-4H2,1-2H3,(H,9,14)(H2,8,10,12). The number of rotatable bonds is 4. The molecule has 7 nitrogen and oxygen atoms in total. The van der Waals surface area contributed by atoms with Crippen molar-refractivity contribution in [2.24, 2.45) is 0 Å². The van der Waals surface area contributed by atoms with Gasteiger partial charge in [0.15, 0.2) is 0 Å². The number of tetrazole rings is 1. The zero-order chi connectivity index (χ0) is 10.6. The van der Waals surface area contributed by atoms with Crippen molar-refractivity contribution in [3.05, 3.63) is 0 Å². The number of carbonyl (C=O) groups is 1. The lowest BCUT2D eigenvalue weighted by molar-refractivity contribution is -0.124. The highest BCUT2D eigenvalue weighted by atomic mass is 16.2. The fraction of sp³-hybridized carbons (Fsp3) is 0.714. The van der Waals surface area contributed by atoms with Crippen LogP contribution < -0.4 is 11.1 Å². The number of anilines is 1. The van der Waals surface area contributed by atoms with E-state index in [0.717, 1.165) is 6.42 Å². The molecule has 1 rings (SSSR count). The third-order valence-corrected chi connectivity index (χ3v) is 1.81. The molecule has 0 aliphatic carbocycles. The van der Waals surface area contributed by atoms with Crippen molar-refractivity contribution in [2.75, 3.05) is 12.3 Å². The molecule has 0 bridgehead atoms. The summed E-state index contributed by atoms with van der Waals surface area (Å²) >= 11 is 0. The van der Waals surface area contributed by atoms with E-state index in [4.69, 9.17) is 5.73 Å². The van der Waals surface area contributed by atoms with E-state index in [2.05, 4.69) is 20.8 Å². The molecule has 1 atom stereocenters.